The van der Waals surface area contributed by atoms with Gasteiger partial charge in [-0.1, -0.05) is 86.6 Å². The van der Waals surface area contributed by atoms with Crippen LogP contribution in [0.2, 0.25) is 0 Å². The summed E-state index contributed by atoms with van der Waals surface area (Å²) >= 11 is 0. The molecule has 0 bridgehead atoms. The summed E-state index contributed by atoms with van der Waals surface area (Å²) in [5, 5.41) is 13.0. The third-order valence-corrected chi connectivity index (χ3v) is 8.88. The number of nitrogens with one attached hydrogen (secondary N) is 1. The molecule has 234 valence electrons. The highest BCUT2D eigenvalue weighted by Gasteiger charge is 2.42. The average Bonchev–Trinajstić information content (AvgIpc) is 3.07. The second-order valence-electron chi connectivity index (χ2n) is 12.2. The molecule has 1 aromatic heterocycles. The van der Waals surface area contributed by atoms with Crippen molar-refractivity contribution in [2.75, 3.05) is 25.1 Å². The number of hydrogen-bond donors (Lipinski definition) is 2. The number of methoxy groups -OCH3 is 1. The fraction of sp³-hybridized carbons (Fsp3) is 0.351. The number of amides is 1. The van der Waals surface area contributed by atoms with Crippen LogP contribution in [0.1, 0.15) is 70.9 Å². The average molecular weight is 607 g/mol. The van der Waals surface area contributed by atoms with Crippen molar-refractivity contribution in [2.45, 2.75) is 58.4 Å². The number of carboxylic acids is 1. The number of piperidine rings is 1. The van der Waals surface area contributed by atoms with E-state index in [1.165, 1.54) is 11.8 Å². The Balaban J connectivity index is 1.32. The van der Waals surface area contributed by atoms with E-state index in [9.17, 15) is 14.7 Å². The van der Waals surface area contributed by atoms with Crippen molar-refractivity contribution in [3.8, 4) is 5.75 Å². The van der Waals surface area contributed by atoms with Gasteiger partial charge in [-0.25, -0.2) is 14.8 Å². The number of aryl methyl sites for hydroxylation is 2. The van der Waals surface area contributed by atoms with Crippen molar-refractivity contribution in [2.24, 2.45) is 5.41 Å². The number of benzene rings is 3. The zero-order valence-electron chi connectivity index (χ0n) is 26.3. The van der Waals surface area contributed by atoms with Crippen LogP contribution in [-0.4, -0.2) is 47.2 Å². The number of rotatable bonds is 12. The maximum absolute atomic E-state index is 13.9. The maximum atomic E-state index is 13.9. The molecule has 5 rings (SSSR count). The van der Waals surface area contributed by atoms with Crippen LogP contribution < -0.4 is 15.0 Å². The minimum absolute atomic E-state index is 0.0169. The van der Waals surface area contributed by atoms with E-state index in [0.717, 1.165) is 22.4 Å². The van der Waals surface area contributed by atoms with Crippen molar-refractivity contribution in [1.82, 2.24) is 15.3 Å². The first-order valence-electron chi connectivity index (χ1n) is 15.6. The first kappa shape index (κ1) is 31.7. The molecule has 1 fully saturated rings. The molecule has 0 atom stereocenters. The molecule has 4 aromatic rings. The Morgan fingerprint density at radius 3 is 2.29 bits per heavy atom. The summed E-state index contributed by atoms with van der Waals surface area (Å²) in [5.74, 6) is 0.696. The van der Waals surface area contributed by atoms with Gasteiger partial charge in [0.25, 0.3) is 0 Å². The zero-order chi connectivity index (χ0) is 31.8. The molecule has 0 spiro atoms. The minimum Gasteiger partial charge on any atom is -0.496 e. The number of nitrogens with zero attached hydrogens (tertiary/aromatic N) is 3. The molecule has 45 heavy (non-hydrogen) atoms. The van der Waals surface area contributed by atoms with Gasteiger partial charge in [-0.05, 0) is 60.8 Å². The third-order valence-electron chi connectivity index (χ3n) is 8.88. The van der Waals surface area contributed by atoms with Crippen molar-refractivity contribution in [1.29, 1.82) is 0 Å². The minimum atomic E-state index is -1.03. The topological polar surface area (TPSA) is 105 Å². The highest BCUT2D eigenvalue weighted by Crippen LogP contribution is 2.37. The number of anilines is 1. The van der Waals surface area contributed by atoms with Gasteiger partial charge in [0.2, 0.25) is 11.9 Å². The van der Waals surface area contributed by atoms with Gasteiger partial charge in [-0.3, -0.25) is 4.79 Å². The number of ether oxygens (including phenoxy) is 1. The van der Waals surface area contributed by atoms with Crippen LogP contribution in [0, 0.1) is 5.41 Å². The van der Waals surface area contributed by atoms with E-state index in [4.69, 9.17) is 9.72 Å². The molecule has 0 unspecified atom stereocenters. The van der Waals surface area contributed by atoms with Crippen LogP contribution in [0.25, 0.3) is 0 Å². The van der Waals surface area contributed by atoms with Gasteiger partial charge < -0.3 is 20.1 Å². The Morgan fingerprint density at radius 1 is 0.933 bits per heavy atom. The molecule has 0 radical (unpaired) electrons. The zero-order valence-corrected chi connectivity index (χ0v) is 26.3. The van der Waals surface area contributed by atoms with E-state index in [2.05, 4.69) is 65.4 Å². The summed E-state index contributed by atoms with van der Waals surface area (Å²) in [6.07, 6.45) is 4.45. The summed E-state index contributed by atoms with van der Waals surface area (Å²) in [5.41, 5.74) is 4.50. The van der Waals surface area contributed by atoms with Gasteiger partial charge in [0, 0.05) is 31.4 Å². The van der Waals surface area contributed by atoms with Gasteiger partial charge in [-0.2, -0.15) is 0 Å². The lowest BCUT2D eigenvalue weighted by Gasteiger charge is -2.41. The molecule has 0 aliphatic carbocycles. The molecule has 1 saturated heterocycles. The number of carbonyl (C=O) groups excluding carboxylic acids is 1. The number of hydrogen-bond acceptors (Lipinski definition) is 6. The van der Waals surface area contributed by atoms with E-state index in [1.54, 1.807) is 7.11 Å². The number of aromatic carboxylic acids is 1. The van der Waals surface area contributed by atoms with Crippen molar-refractivity contribution in [3.05, 3.63) is 119 Å². The second-order valence-corrected chi connectivity index (χ2v) is 12.2. The van der Waals surface area contributed by atoms with Crippen LogP contribution >= 0.6 is 0 Å². The molecular weight excluding hydrogens is 564 g/mol. The van der Waals surface area contributed by atoms with Crippen LogP contribution in [-0.2, 0) is 30.6 Å². The van der Waals surface area contributed by atoms with E-state index in [-0.39, 0.29) is 11.5 Å². The third kappa shape index (κ3) is 7.69. The van der Waals surface area contributed by atoms with Crippen LogP contribution in [0.4, 0.5) is 5.95 Å². The number of aromatic nitrogens is 2. The summed E-state index contributed by atoms with van der Waals surface area (Å²) in [6, 6.07) is 26.3. The van der Waals surface area contributed by atoms with Crippen molar-refractivity contribution >= 4 is 17.8 Å². The first-order valence-corrected chi connectivity index (χ1v) is 15.6. The Bertz CT molecular complexity index is 1600. The van der Waals surface area contributed by atoms with Crippen LogP contribution in [0.5, 0.6) is 5.75 Å². The summed E-state index contributed by atoms with van der Waals surface area (Å²) in [7, 11) is 1.63. The predicted octanol–water partition coefficient (Wildman–Crippen LogP) is 6.24. The van der Waals surface area contributed by atoms with E-state index in [0.29, 0.717) is 69.3 Å². The van der Waals surface area contributed by atoms with Gasteiger partial charge in [0.15, 0.2) is 0 Å². The van der Waals surface area contributed by atoms with Crippen molar-refractivity contribution in [3.63, 3.8) is 0 Å². The lowest BCUT2D eigenvalue weighted by atomic mass is 9.73. The first-order chi connectivity index (χ1) is 21.8. The molecule has 0 saturated carbocycles. The number of carbonyl (C=O) groups is 2. The largest absolute Gasteiger partial charge is 0.496 e. The normalized spacial score (nSPS) is 14.3. The molecule has 2 N–H and O–H groups in total. The Hall–Kier alpha value is -4.72. The monoisotopic (exact) mass is 606 g/mol. The quantitative estimate of drug-likeness (QED) is 0.197. The summed E-state index contributed by atoms with van der Waals surface area (Å²) < 4.78 is 5.49. The fourth-order valence-electron chi connectivity index (χ4n) is 6.08. The van der Waals surface area contributed by atoms with E-state index >= 15 is 0 Å². The van der Waals surface area contributed by atoms with E-state index in [1.807, 2.05) is 42.5 Å². The van der Waals surface area contributed by atoms with Gasteiger partial charge in [0.1, 0.15) is 5.75 Å². The SMILES string of the molecule is COc1ccccc1CNC(=O)C1(Cc2ccccc2)CCN(c2ncc(C(=O)O)c(CCc3ccc(C(C)C)cc3)n2)CC1. The molecule has 3 aromatic carbocycles. The molecule has 1 amide bonds. The highest BCUT2D eigenvalue weighted by atomic mass is 16.5. The van der Waals surface area contributed by atoms with E-state index < -0.39 is 11.4 Å². The standard InChI is InChI=1S/C37H42N4O4/c1-26(2)29-16-13-27(14-17-29)15-18-32-31(34(42)43)25-39-36(40-32)41-21-19-37(20-22-41,23-28-9-5-4-6-10-28)35(44)38-24-30-11-7-8-12-33(30)45-3/h4-14,16-17,25-26H,15,18-24H2,1-3H3,(H,38,44)(H,42,43). The second kappa shape index (κ2) is 14.4. The molecular formula is C37H42N4O4. The molecule has 1 aliphatic rings. The van der Waals surface area contributed by atoms with Gasteiger partial charge >= 0.3 is 5.97 Å². The number of para-hydroxylation sites is 1. The molecule has 8 nitrogen and oxygen atoms in total. The lowest BCUT2D eigenvalue weighted by molar-refractivity contribution is -0.132. The maximum Gasteiger partial charge on any atom is 0.339 e. The van der Waals surface area contributed by atoms with Gasteiger partial charge in [-0.15, -0.1) is 0 Å². The Kier molecular flexibility index (Phi) is 10.1. The summed E-state index contributed by atoms with van der Waals surface area (Å²) in [6.45, 7) is 5.87. The molecule has 2 heterocycles. The molecule has 8 heteroatoms. The Labute approximate surface area is 265 Å². The molecule has 1 aliphatic heterocycles. The van der Waals surface area contributed by atoms with Crippen LogP contribution in [0.3, 0.4) is 0 Å². The summed E-state index contributed by atoms with van der Waals surface area (Å²) in [4.78, 5) is 37.3. The Morgan fingerprint density at radius 2 is 1.62 bits per heavy atom. The lowest BCUT2D eigenvalue weighted by Crippen LogP contribution is -2.50. The van der Waals surface area contributed by atoms with Crippen molar-refractivity contribution < 1.29 is 19.4 Å². The fourth-order valence-corrected chi connectivity index (χ4v) is 6.08. The van der Waals surface area contributed by atoms with Crippen LogP contribution in [0.15, 0.2) is 85.1 Å². The van der Waals surface area contributed by atoms with Gasteiger partial charge in [0.05, 0.1) is 23.8 Å². The highest BCUT2D eigenvalue weighted by molar-refractivity contribution is 5.88. The predicted molar refractivity (Wildman–Crippen MR) is 176 cm³/mol. The smallest absolute Gasteiger partial charge is 0.339 e. The number of carboxylic acid groups (broad SMARTS) is 1.